The van der Waals surface area contributed by atoms with Gasteiger partial charge in [0.1, 0.15) is 17.1 Å². The van der Waals surface area contributed by atoms with Gasteiger partial charge < -0.3 is 14.5 Å². The van der Waals surface area contributed by atoms with Gasteiger partial charge in [-0.05, 0) is 57.1 Å². The van der Waals surface area contributed by atoms with Crippen LogP contribution in [-0.4, -0.2) is 21.1 Å². The van der Waals surface area contributed by atoms with E-state index in [2.05, 4.69) is 5.32 Å². The molecule has 0 amide bonds. The minimum Gasteiger partial charge on any atom is -0.491 e. The van der Waals surface area contributed by atoms with E-state index in [4.69, 9.17) is 9.15 Å². The predicted octanol–water partition coefficient (Wildman–Crippen LogP) is 3.70. The quantitative estimate of drug-likeness (QED) is 0.757. The number of rotatable bonds is 4. The highest BCUT2D eigenvalue weighted by Crippen LogP contribution is 2.32. The number of hydrogen-bond acceptors (Lipinski definition) is 5. The molecule has 2 aromatic carbocycles. The van der Waals surface area contributed by atoms with Gasteiger partial charge in [0.05, 0.1) is 22.4 Å². The molecule has 6 heteroatoms. The fourth-order valence-corrected chi connectivity index (χ4v) is 4.61. The predicted molar refractivity (Wildman–Crippen MR) is 99.3 cm³/mol. The summed E-state index contributed by atoms with van der Waals surface area (Å²) in [7, 11) is -3.65. The van der Waals surface area contributed by atoms with Gasteiger partial charge in [0.2, 0.25) is 9.84 Å². The normalized spacial score (nSPS) is 14.6. The third kappa shape index (κ3) is 2.99. The van der Waals surface area contributed by atoms with Crippen molar-refractivity contribution in [3.8, 4) is 5.75 Å². The minimum atomic E-state index is -3.65. The first kappa shape index (κ1) is 17.1. The Morgan fingerprint density at radius 3 is 2.73 bits per heavy atom. The van der Waals surface area contributed by atoms with Crippen LogP contribution in [0.2, 0.25) is 0 Å². The molecule has 0 radical (unpaired) electrons. The number of nitrogens with one attached hydrogen (secondary N) is 1. The van der Waals surface area contributed by atoms with Crippen LogP contribution in [0.5, 0.6) is 5.75 Å². The Kier molecular flexibility index (Phi) is 4.25. The average molecular weight is 371 g/mol. The lowest BCUT2D eigenvalue weighted by Gasteiger charge is -2.11. The van der Waals surface area contributed by atoms with Gasteiger partial charge >= 0.3 is 0 Å². The zero-order chi connectivity index (χ0) is 18.3. The third-order valence-corrected chi connectivity index (χ3v) is 6.23. The van der Waals surface area contributed by atoms with Crippen molar-refractivity contribution in [3.63, 3.8) is 0 Å². The summed E-state index contributed by atoms with van der Waals surface area (Å²) >= 11 is 0. The zero-order valence-corrected chi connectivity index (χ0v) is 15.6. The van der Waals surface area contributed by atoms with E-state index in [9.17, 15) is 8.42 Å². The first-order chi connectivity index (χ1) is 12.4. The summed E-state index contributed by atoms with van der Waals surface area (Å²) in [5.74, 6) is 1.44. The van der Waals surface area contributed by atoms with Crippen LogP contribution in [0, 0.1) is 0 Å². The van der Waals surface area contributed by atoms with E-state index in [1.54, 1.807) is 36.4 Å². The topological polar surface area (TPSA) is 68.5 Å². The fourth-order valence-electron chi connectivity index (χ4n) is 3.30. The highest BCUT2D eigenvalue weighted by atomic mass is 32.2. The Labute approximate surface area is 152 Å². The molecule has 0 saturated heterocycles. The minimum absolute atomic E-state index is 0.0210. The molecule has 0 aliphatic carbocycles. The maximum Gasteiger partial charge on any atom is 0.206 e. The Morgan fingerprint density at radius 1 is 1.12 bits per heavy atom. The maximum atomic E-state index is 13.0. The van der Waals surface area contributed by atoms with Crippen LogP contribution in [0.15, 0.2) is 56.7 Å². The summed E-state index contributed by atoms with van der Waals surface area (Å²) in [6.45, 7) is 5.40. The van der Waals surface area contributed by atoms with Crippen molar-refractivity contribution in [1.82, 2.24) is 5.32 Å². The van der Waals surface area contributed by atoms with Crippen LogP contribution >= 0.6 is 0 Å². The average Bonchev–Trinajstić information content (AvgIpc) is 2.99. The molecule has 4 rings (SSSR count). The molecule has 26 heavy (non-hydrogen) atoms. The van der Waals surface area contributed by atoms with Crippen LogP contribution in [0.1, 0.15) is 25.2 Å². The molecular formula is C20H21NO4S. The fraction of sp³-hybridized carbons (Fsp3) is 0.300. The highest BCUT2D eigenvalue weighted by molar-refractivity contribution is 7.91. The van der Waals surface area contributed by atoms with Crippen LogP contribution < -0.4 is 10.1 Å². The molecule has 1 aliphatic heterocycles. The number of furan rings is 1. The Bertz CT molecular complexity index is 1070. The van der Waals surface area contributed by atoms with Crippen LogP contribution in [0.3, 0.4) is 0 Å². The van der Waals surface area contributed by atoms with Crippen molar-refractivity contribution in [1.29, 1.82) is 0 Å². The van der Waals surface area contributed by atoms with Gasteiger partial charge in [-0.2, -0.15) is 0 Å². The molecular weight excluding hydrogens is 350 g/mol. The van der Waals surface area contributed by atoms with Crippen molar-refractivity contribution in [2.75, 3.05) is 6.54 Å². The number of benzene rings is 2. The van der Waals surface area contributed by atoms with E-state index in [1.165, 1.54) is 5.56 Å². The van der Waals surface area contributed by atoms with Crippen molar-refractivity contribution >= 4 is 20.8 Å². The Morgan fingerprint density at radius 2 is 1.92 bits per heavy atom. The molecule has 0 fully saturated rings. The molecule has 136 valence electrons. The summed E-state index contributed by atoms with van der Waals surface area (Å²) in [5, 5.41) is 4.27. The van der Waals surface area contributed by atoms with E-state index in [0.29, 0.717) is 17.9 Å². The molecule has 1 aliphatic rings. The largest absolute Gasteiger partial charge is 0.491 e. The third-order valence-electron chi connectivity index (χ3n) is 4.48. The van der Waals surface area contributed by atoms with Crippen LogP contribution in [0.25, 0.3) is 11.0 Å². The first-order valence-corrected chi connectivity index (χ1v) is 10.2. The monoisotopic (exact) mass is 371 g/mol. The van der Waals surface area contributed by atoms with E-state index in [-0.39, 0.29) is 15.9 Å². The summed E-state index contributed by atoms with van der Waals surface area (Å²) in [5.41, 5.74) is 1.80. The van der Waals surface area contributed by atoms with E-state index in [1.807, 2.05) is 19.9 Å². The summed E-state index contributed by atoms with van der Waals surface area (Å²) < 4.78 is 37.6. The Hall–Kier alpha value is -2.31. The lowest BCUT2D eigenvalue weighted by Crippen LogP contribution is -2.22. The van der Waals surface area contributed by atoms with E-state index >= 15 is 0 Å². The van der Waals surface area contributed by atoms with Gasteiger partial charge in [0.15, 0.2) is 0 Å². The van der Waals surface area contributed by atoms with Gasteiger partial charge in [0.25, 0.3) is 0 Å². The standard InChI is InChI=1S/C20H21NO4S/c1-13(2)24-14-4-3-5-15(10-14)26(22,23)16-6-7-17-18-8-9-21-12-20(18)25-19(17)11-16/h3-7,10-11,13,21H,8-9,12H2,1-2H3. The molecule has 0 spiro atoms. The summed E-state index contributed by atoms with van der Waals surface area (Å²) in [4.78, 5) is 0.443. The lowest BCUT2D eigenvalue weighted by molar-refractivity contribution is 0.242. The number of ether oxygens (including phenoxy) is 1. The van der Waals surface area contributed by atoms with Gasteiger partial charge in [-0.15, -0.1) is 0 Å². The second-order valence-corrected chi connectivity index (χ2v) is 8.68. The van der Waals surface area contributed by atoms with Gasteiger partial charge in [-0.1, -0.05) is 6.07 Å². The molecule has 2 heterocycles. The molecule has 1 N–H and O–H groups in total. The molecule has 0 bridgehead atoms. The van der Waals surface area contributed by atoms with Crippen molar-refractivity contribution in [3.05, 3.63) is 53.8 Å². The molecule has 3 aromatic rings. The van der Waals surface area contributed by atoms with Gasteiger partial charge in [0, 0.05) is 17.0 Å². The van der Waals surface area contributed by atoms with Gasteiger partial charge in [-0.25, -0.2) is 8.42 Å². The van der Waals surface area contributed by atoms with E-state index in [0.717, 1.165) is 24.1 Å². The Balaban J connectivity index is 1.76. The van der Waals surface area contributed by atoms with E-state index < -0.39 is 9.84 Å². The SMILES string of the molecule is CC(C)Oc1cccc(S(=O)(=O)c2ccc3c4c(oc3c2)CNCC4)c1. The first-order valence-electron chi connectivity index (χ1n) is 8.72. The van der Waals surface area contributed by atoms with Crippen molar-refractivity contribution < 1.29 is 17.6 Å². The second-order valence-electron chi connectivity index (χ2n) is 6.73. The highest BCUT2D eigenvalue weighted by Gasteiger charge is 2.22. The molecule has 5 nitrogen and oxygen atoms in total. The maximum absolute atomic E-state index is 13.0. The van der Waals surface area contributed by atoms with Crippen molar-refractivity contribution in [2.45, 2.75) is 42.7 Å². The molecule has 1 aromatic heterocycles. The number of sulfone groups is 1. The van der Waals surface area contributed by atoms with Gasteiger partial charge in [-0.3, -0.25) is 0 Å². The van der Waals surface area contributed by atoms with Crippen LogP contribution in [-0.2, 0) is 22.8 Å². The molecule has 0 atom stereocenters. The summed E-state index contributed by atoms with van der Waals surface area (Å²) in [6, 6.07) is 11.7. The number of fused-ring (bicyclic) bond motifs is 3. The molecule has 0 unspecified atom stereocenters. The number of hydrogen-bond donors (Lipinski definition) is 1. The smallest absolute Gasteiger partial charge is 0.206 e. The summed E-state index contributed by atoms with van der Waals surface area (Å²) in [6.07, 6.45) is 0.871. The van der Waals surface area contributed by atoms with Crippen LogP contribution in [0.4, 0.5) is 0 Å². The lowest BCUT2D eigenvalue weighted by atomic mass is 10.1. The van der Waals surface area contributed by atoms with Crippen molar-refractivity contribution in [2.24, 2.45) is 0 Å². The molecule has 0 saturated carbocycles. The second kappa shape index (κ2) is 6.45. The zero-order valence-electron chi connectivity index (χ0n) is 14.8.